The fourth-order valence-electron chi connectivity index (χ4n) is 2.76. The summed E-state index contributed by atoms with van der Waals surface area (Å²) in [6, 6.07) is 5.96. The maximum atomic E-state index is 6.18. The van der Waals surface area contributed by atoms with Gasteiger partial charge in [-0.25, -0.2) is 0 Å². The van der Waals surface area contributed by atoms with E-state index >= 15 is 0 Å². The minimum Gasteiger partial charge on any atom is -0.494 e. The van der Waals surface area contributed by atoms with Gasteiger partial charge in [0, 0.05) is 0 Å². The summed E-state index contributed by atoms with van der Waals surface area (Å²) in [7, 11) is 1.69. The monoisotopic (exact) mass is 219 g/mol. The molecular weight excluding hydrogens is 202 g/mol. The van der Waals surface area contributed by atoms with Crippen LogP contribution in [0, 0.1) is 0 Å². The number of benzene rings is 1. The van der Waals surface area contributed by atoms with Gasteiger partial charge >= 0.3 is 0 Å². The molecule has 3 nitrogen and oxygen atoms in total. The Morgan fingerprint density at radius 2 is 2.12 bits per heavy atom. The van der Waals surface area contributed by atoms with Crippen LogP contribution in [0.2, 0.25) is 0 Å². The van der Waals surface area contributed by atoms with Gasteiger partial charge in [-0.1, -0.05) is 6.07 Å². The van der Waals surface area contributed by atoms with Gasteiger partial charge < -0.3 is 14.8 Å². The van der Waals surface area contributed by atoms with E-state index in [0.29, 0.717) is 0 Å². The molecule has 3 heteroatoms. The quantitative estimate of drug-likeness (QED) is 0.787. The largest absolute Gasteiger partial charge is 0.494 e. The van der Waals surface area contributed by atoms with Crippen LogP contribution in [-0.2, 0) is 0 Å². The number of rotatable bonds is 1. The maximum Gasteiger partial charge on any atom is 0.147 e. The maximum absolute atomic E-state index is 6.18. The number of methoxy groups -OCH3 is 1. The lowest BCUT2D eigenvalue weighted by atomic mass is 10.00. The van der Waals surface area contributed by atoms with Gasteiger partial charge in [-0.3, -0.25) is 0 Å². The van der Waals surface area contributed by atoms with Crippen LogP contribution >= 0.6 is 0 Å². The van der Waals surface area contributed by atoms with Crippen molar-refractivity contribution in [3.63, 3.8) is 0 Å². The van der Waals surface area contributed by atoms with Crippen LogP contribution in [0.4, 0.5) is 5.69 Å². The Hall–Kier alpha value is -1.38. The van der Waals surface area contributed by atoms with E-state index in [1.54, 1.807) is 7.11 Å². The van der Waals surface area contributed by atoms with Crippen molar-refractivity contribution in [2.75, 3.05) is 19.0 Å². The molecule has 1 heterocycles. The zero-order valence-corrected chi connectivity index (χ0v) is 9.58. The van der Waals surface area contributed by atoms with E-state index in [1.807, 2.05) is 18.2 Å². The molecule has 0 bridgehead atoms. The summed E-state index contributed by atoms with van der Waals surface area (Å²) in [6.07, 6.45) is 4.88. The molecule has 1 aromatic rings. The van der Waals surface area contributed by atoms with Crippen molar-refractivity contribution in [2.24, 2.45) is 0 Å². The highest BCUT2D eigenvalue weighted by Gasteiger charge is 2.39. The van der Waals surface area contributed by atoms with Crippen LogP contribution < -0.4 is 14.8 Å². The van der Waals surface area contributed by atoms with Crippen LogP contribution in [0.25, 0.3) is 0 Å². The zero-order chi connectivity index (χ0) is 11.0. The predicted octanol–water partition coefficient (Wildman–Crippen LogP) is 2.81. The van der Waals surface area contributed by atoms with E-state index in [-0.39, 0.29) is 5.60 Å². The van der Waals surface area contributed by atoms with Gasteiger partial charge in [-0.15, -0.1) is 0 Å². The first-order chi connectivity index (χ1) is 7.83. The second kappa shape index (κ2) is 3.58. The molecule has 1 aliphatic carbocycles. The van der Waals surface area contributed by atoms with Crippen molar-refractivity contribution < 1.29 is 9.47 Å². The second-order valence-electron chi connectivity index (χ2n) is 4.68. The molecule has 2 aliphatic rings. The Bertz CT molecular complexity index is 397. The molecule has 1 saturated carbocycles. The van der Waals surface area contributed by atoms with Crippen molar-refractivity contribution in [1.29, 1.82) is 0 Å². The lowest BCUT2D eigenvalue weighted by Gasteiger charge is -2.36. The van der Waals surface area contributed by atoms with E-state index in [9.17, 15) is 0 Å². The molecule has 0 unspecified atom stereocenters. The van der Waals surface area contributed by atoms with Crippen molar-refractivity contribution in [3.8, 4) is 11.5 Å². The summed E-state index contributed by atoms with van der Waals surface area (Å²) >= 11 is 0. The van der Waals surface area contributed by atoms with Gasteiger partial charge in [0.15, 0.2) is 0 Å². The van der Waals surface area contributed by atoms with Gasteiger partial charge in [-0.05, 0) is 37.8 Å². The summed E-state index contributed by atoms with van der Waals surface area (Å²) in [6.45, 7) is 0.903. The molecule has 1 aliphatic heterocycles. The van der Waals surface area contributed by atoms with Gasteiger partial charge in [-0.2, -0.15) is 0 Å². The van der Waals surface area contributed by atoms with E-state index < -0.39 is 0 Å². The lowest BCUT2D eigenvalue weighted by molar-refractivity contribution is 0.0825. The number of para-hydroxylation sites is 1. The fourth-order valence-corrected chi connectivity index (χ4v) is 2.76. The molecule has 0 radical (unpaired) electrons. The highest BCUT2D eigenvalue weighted by Crippen LogP contribution is 2.44. The summed E-state index contributed by atoms with van der Waals surface area (Å²) < 4.78 is 11.5. The molecule has 1 N–H and O–H groups in total. The van der Waals surface area contributed by atoms with E-state index in [4.69, 9.17) is 9.47 Å². The molecular formula is C13H17NO2. The number of anilines is 1. The average molecular weight is 219 g/mol. The molecule has 1 fully saturated rings. The predicted molar refractivity (Wildman–Crippen MR) is 63.3 cm³/mol. The van der Waals surface area contributed by atoms with Crippen molar-refractivity contribution in [2.45, 2.75) is 31.3 Å². The van der Waals surface area contributed by atoms with Gasteiger partial charge in [0.2, 0.25) is 0 Å². The van der Waals surface area contributed by atoms with Crippen LogP contribution in [0.5, 0.6) is 11.5 Å². The molecule has 0 amide bonds. The zero-order valence-electron chi connectivity index (χ0n) is 9.58. The van der Waals surface area contributed by atoms with Crippen LogP contribution in [0.3, 0.4) is 0 Å². The molecule has 0 saturated heterocycles. The number of fused-ring (bicyclic) bond motifs is 1. The third-order valence-corrected chi connectivity index (χ3v) is 3.64. The first-order valence-corrected chi connectivity index (χ1v) is 5.93. The molecule has 16 heavy (non-hydrogen) atoms. The summed E-state index contributed by atoms with van der Waals surface area (Å²) in [5, 5.41) is 3.46. The second-order valence-corrected chi connectivity index (χ2v) is 4.68. The van der Waals surface area contributed by atoms with Gasteiger partial charge in [0.25, 0.3) is 0 Å². The third kappa shape index (κ3) is 1.42. The summed E-state index contributed by atoms with van der Waals surface area (Å²) in [4.78, 5) is 0. The van der Waals surface area contributed by atoms with Crippen molar-refractivity contribution in [3.05, 3.63) is 18.2 Å². The normalized spacial score (nSPS) is 21.1. The fraction of sp³-hybridized carbons (Fsp3) is 0.538. The van der Waals surface area contributed by atoms with Crippen LogP contribution in [0.1, 0.15) is 25.7 Å². The summed E-state index contributed by atoms with van der Waals surface area (Å²) in [5.41, 5.74) is 1.04. The lowest BCUT2D eigenvalue weighted by Crippen LogP contribution is -2.43. The minimum atomic E-state index is 0.0410. The third-order valence-electron chi connectivity index (χ3n) is 3.64. The van der Waals surface area contributed by atoms with Crippen molar-refractivity contribution >= 4 is 5.69 Å². The molecule has 1 aromatic carbocycles. The number of ether oxygens (including phenoxy) is 2. The van der Waals surface area contributed by atoms with Crippen molar-refractivity contribution in [1.82, 2.24) is 0 Å². The smallest absolute Gasteiger partial charge is 0.147 e. The first kappa shape index (κ1) is 9.82. The molecule has 3 rings (SSSR count). The highest BCUT2D eigenvalue weighted by atomic mass is 16.5. The molecule has 1 spiro atoms. The topological polar surface area (TPSA) is 30.5 Å². The Morgan fingerprint density at radius 1 is 1.31 bits per heavy atom. The molecule has 0 atom stereocenters. The molecule has 86 valence electrons. The molecule has 0 aromatic heterocycles. The van der Waals surface area contributed by atoms with E-state index in [0.717, 1.165) is 36.6 Å². The SMILES string of the molecule is COc1cccc2c1NCC1(CCCC1)O2. The van der Waals surface area contributed by atoms with Crippen LogP contribution in [0.15, 0.2) is 18.2 Å². The summed E-state index contributed by atoms with van der Waals surface area (Å²) in [5.74, 6) is 1.80. The first-order valence-electron chi connectivity index (χ1n) is 5.93. The van der Waals surface area contributed by atoms with E-state index in [2.05, 4.69) is 5.32 Å². The van der Waals surface area contributed by atoms with Gasteiger partial charge in [0.1, 0.15) is 22.8 Å². The Labute approximate surface area is 95.8 Å². The number of hydrogen-bond acceptors (Lipinski definition) is 3. The minimum absolute atomic E-state index is 0.0410. The number of nitrogens with one attached hydrogen (secondary N) is 1. The standard InChI is InChI=1S/C13H17NO2/c1-15-10-5-4-6-11-12(10)14-9-13(16-11)7-2-3-8-13/h4-6,14H,2-3,7-9H2,1H3. The Balaban J connectivity index is 1.94. The van der Waals surface area contributed by atoms with E-state index in [1.165, 1.54) is 12.8 Å². The van der Waals surface area contributed by atoms with Crippen LogP contribution in [-0.4, -0.2) is 19.3 Å². The Morgan fingerprint density at radius 3 is 2.88 bits per heavy atom. The Kier molecular flexibility index (Phi) is 2.20. The highest BCUT2D eigenvalue weighted by molar-refractivity contribution is 5.67. The number of hydrogen-bond donors (Lipinski definition) is 1. The average Bonchev–Trinajstić information content (AvgIpc) is 2.76. The van der Waals surface area contributed by atoms with Gasteiger partial charge in [0.05, 0.1) is 13.7 Å².